The highest BCUT2D eigenvalue weighted by atomic mass is 16.5. The fraction of sp³-hybridized carbons (Fsp3) is 0.105. The molecule has 0 spiro atoms. The maximum Gasteiger partial charge on any atom is 0.341 e. The van der Waals surface area contributed by atoms with Gasteiger partial charge in [0.25, 0.3) is 5.95 Å². The molecule has 142 valence electrons. The lowest BCUT2D eigenvalue weighted by Crippen LogP contribution is -2.10. The summed E-state index contributed by atoms with van der Waals surface area (Å²) in [4.78, 5) is 15.0. The standard InChI is InChI=1S/C19H17N5O4/c1-27-15-8-6-13(7-9-15)16-11-21-24-19(22-16)23-20-10-14-4-2-3-5-17(14)28-12-18(25)26/h2-11H,12H2,1H3,(H,25,26)(H,22,23,24). The van der Waals surface area contributed by atoms with Gasteiger partial charge in [-0.2, -0.15) is 10.2 Å². The average Bonchev–Trinajstić information content (AvgIpc) is 2.73. The summed E-state index contributed by atoms with van der Waals surface area (Å²) in [5.41, 5.74) is 4.80. The summed E-state index contributed by atoms with van der Waals surface area (Å²) in [6.45, 7) is -0.435. The van der Waals surface area contributed by atoms with E-state index in [1.807, 2.05) is 24.3 Å². The van der Waals surface area contributed by atoms with E-state index in [2.05, 4.69) is 25.7 Å². The molecule has 0 aliphatic rings. The summed E-state index contributed by atoms with van der Waals surface area (Å²) >= 11 is 0. The molecule has 0 amide bonds. The molecule has 2 N–H and O–H groups in total. The van der Waals surface area contributed by atoms with Crippen molar-refractivity contribution in [3.8, 4) is 22.8 Å². The average molecular weight is 379 g/mol. The quantitative estimate of drug-likeness (QED) is 0.452. The molecule has 0 radical (unpaired) electrons. The fourth-order valence-corrected chi connectivity index (χ4v) is 2.27. The number of carbonyl (C=O) groups is 1. The predicted molar refractivity (Wildman–Crippen MR) is 103 cm³/mol. The van der Waals surface area contributed by atoms with Crippen LogP contribution in [0.25, 0.3) is 11.3 Å². The van der Waals surface area contributed by atoms with Crippen molar-refractivity contribution in [2.75, 3.05) is 19.1 Å². The van der Waals surface area contributed by atoms with Crippen LogP contribution >= 0.6 is 0 Å². The highest BCUT2D eigenvalue weighted by Crippen LogP contribution is 2.20. The van der Waals surface area contributed by atoms with E-state index in [1.165, 1.54) is 6.21 Å². The molecule has 0 aliphatic carbocycles. The molecule has 0 atom stereocenters. The van der Waals surface area contributed by atoms with Gasteiger partial charge in [-0.05, 0) is 36.4 Å². The zero-order valence-corrected chi connectivity index (χ0v) is 14.9. The Bertz CT molecular complexity index is 976. The largest absolute Gasteiger partial charge is 0.497 e. The van der Waals surface area contributed by atoms with Crippen LogP contribution in [0.4, 0.5) is 5.95 Å². The smallest absolute Gasteiger partial charge is 0.341 e. The van der Waals surface area contributed by atoms with Gasteiger partial charge in [-0.1, -0.05) is 12.1 Å². The first-order valence-corrected chi connectivity index (χ1v) is 8.22. The minimum absolute atomic E-state index is 0.216. The van der Waals surface area contributed by atoms with Crippen LogP contribution in [0.1, 0.15) is 5.56 Å². The molecular formula is C19H17N5O4. The van der Waals surface area contributed by atoms with Crippen LogP contribution in [-0.4, -0.2) is 46.2 Å². The van der Waals surface area contributed by atoms with Crippen molar-refractivity contribution in [1.82, 2.24) is 15.2 Å². The maximum atomic E-state index is 10.7. The van der Waals surface area contributed by atoms with E-state index in [0.29, 0.717) is 17.0 Å². The van der Waals surface area contributed by atoms with Gasteiger partial charge in [0.15, 0.2) is 6.61 Å². The lowest BCUT2D eigenvalue weighted by molar-refractivity contribution is -0.139. The monoisotopic (exact) mass is 379 g/mol. The Labute approximate surface area is 160 Å². The molecular weight excluding hydrogens is 362 g/mol. The summed E-state index contributed by atoms with van der Waals surface area (Å²) in [6, 6.07) is 14.3. The van der Waals surface area contributed by atoms with Gasteiger partial charge in [-0.3, -0.25) is 0 Å². The summed E-state index contributed by atoms with van der Waals surface area (Å²) in [5.74, 6) is 0.312. The predicted octanol–water partition coefficient (Wildman–Crippen LogP) is 2.46. The SMILES string of the molecule is COc1ccc(-c2cnnc(NN=Cc3ccccc3OCC(=O)O)n2)cc1. The number of hydrogen-bond donors (Lipinski definition) is 2. The number of hydrogen-bond acceptors (Lipinski definition) is 8. The van der Waals surface area contributed by atoms with Crippen molar-refractivity contribution in [3.63, 3.8) is 0 Å². The van der Waals surface area contributed by atoms with Crippen LogP contribution in [0.3, 0.4) is 0 Å². The van der Waals surface area contributed by atoms with E-state index in [4.69, 9.17) is 14.6 Å². The van der Waals surface area contributed by atoms with Gasteiger partial charge in [-0.15, -0.1) is 5.10 Å². The van der Waals surface area contributed by atoms with Crippen LogP contribution < -0.4 is 14.9 Å². The molecule has 0 aliphatic heterocycles. The molecule has 1 aromatic heterocycles. The normalized spacial score (nSPS) is 10.6. The number of carboxylic acid groups (broad SMARTS) is 1. The molecule has 0 saturated carbocycles. The van der Waals surface area contributed by atoms with Crippen molar-refractivity contribution in [3.05, 3.63) is 60.3 Å². The molecule has 3 aromatic rings. The number of carboxylic acids is 1. The molecule has 9 nitrogen and oxygen atoms in total. The van der Waals surface area contributed by atoms with Crippen LogP contribution in [0.15, 0.2) is 59.8 Å². The number of aliphatic carboxylic acids is 1. The number of para-hydroxylation sites is 1. The molecule has 0 fully saturated rings. The number of nitrogens with one attached hydrogen (secondary N) is 1. The lowest BCUT2D eigenvalue weighted by atomic mass is 10.1. The van der Waals surface area contributed by atoms with Crippen LogP contribution in [0.2, 0.25) is 0 Å². The molecule has 1 heterocycles. The van der Waals surface area contributed by atoms with Crippen molar-refractivity contribution in [2.24, 2.45) is 5.10 Å². The van der Waals surface area contributed by atoms with Gasteiger partial charge < -0.3 is 14.6 Å². The van der Waals surface area contributed by atoms with E-state index in [1.54, 1.807) is 37.6 Å². The van der Waals surface area contributed by atoms with Gasteiger partial charge in [-0.25, -0.2) is 15.2 Å². The third-order valence-electron chi connectivity index (χ3n) is 3.58. The second-order valence-electron chi connectivity index (χ2n) is 5.48. The number of nitrogens with zero attached hydrogens (tertiary/aromatic N) is 4. The number of aromatic nitrogens is 3. The zero-order chi connectivity index (χ0) is 19.8. The Balaban J connectivity index is 1.70. The van der Waals surface area contributed by atoms with Crippen molar-refractivity contribution >= 4 is 18.1 Å². The fourth-order valence-electron chi connectivity index (χ4n) is 2.27. The molecule has 0 unspecified atom stereocenters. The molecule has 0 saturated heterocycles. The van der Waals surface area contributed by atoms with Gasteiger partial charge in [0.1, 0.15) is 11.5 Å². The second kappa shape index (κ2) is 9.08. The van der Waals surface area contributed by atoms with E-state index < -0.39 is 12.6 Å². The third kappa shape index (κ3) is 5.01. The van der Waals surface area contributed by atoms with Crippen molar-refractivity contribution < 1.29 is 19.4 Å². The van der Waals surface area contributed by atoms with E-state index in [9.17, 15) is 4.79 Å². The summed E-state index contributed by atoms with van der Waals surface area (Å²) < 4.78 is 10.4. The number of hydrazone groups is 1. The second-order valence-corrected chi connectivity index (χ2v) is 5.48. The molecule has 3 rings (SSSR count). The van der Waals surface area contributed by atoms with Crippen molar-refractivity contribution in [2.45, 2.75) is 0 Å². The minimum atomic E-state index is -1.06. The Morgan fingerprint density at radius 2 is 2.00 bits per heavy atom. The Kier molecular flexibility index (Phi) is 6.09. The van der Waals surface area contributed by atoms with Gasteiger partial charge in [0.05, 0.1) is 25.2 Å². The number of anilines is 1. The molecule has 2 aromatic carbocycles. The summed E-state index contributed by atoms with van der Waals surface area (Å²) in [5, 5.41) is 20.6. The van der Waals surface area contributed by atoms with E-state index in [-0.39, 0.29) is 5.95 Å². The Morgan fingerprint density at radius 3 is 2.75 bits per heavy atom. The zero-order valence-electron chi connectivity index (χ0n) is 14.9. The van der Waals surface area contributed by atoms with Crippen LogP contribution in [-0.2, 0) is 4.79 Å². The Morgan fingerprint density at radius 1 is 1.21 bits per heavy atom. The first kappa shape index (κ1) is 18.8. The Hall–Kier alpha value is -4.01. The van der Waals surface area contributed by atoms with Gasteiger partial charge in [0, 0.05) is 11.1 Å². The highest BCUT2D eigenvalue weighted by molar-refractivity contribution is 5.84. The van der Waals surface area contributed by atoms with Gasteiger partial charge in [0.2, 0.25) is 0 Å². The van der Waals surface area contributed by atoms with Crippen molar-refractivity contribution in [1.29, 1.82) is 0 Å². The molecule has 9 heteroatoms. The minimum Gasteiger partial charge on any atom is -0.497 e. The van der Waals surface area contributed by atoms with Crippen LogP contribution in [0, 0.1) is 0 Å². The van der Waals surface area contributed by atoms with E-state index >= 15 is 0 Å². The number of rotatable bonds is 8. The topological polar surface area (TPSA) is 119 Å². The first-order valence-electron chi connectivity index (χ1n) is 8.22. The lowest BCUT2D eigenvalue weighted by Gasteiger charge is -2.06. The van der Waals surface area contributed by atoms with Crippen LogP contribution in [0.5, 0.6) is 11.5 Å². The summed E-state index contributed by atoms with van der Waals surface area (Å²) in [7, 11) is 1.60. The van der Waals surface area contributed by atoms with Gasteiger partial charge >= 0.3 is 5.97 Å². The third-order valence-corrected chi connectivity index (χ3v) is 3.58. The molecule has 0 bridgehead atoms. The maximum absolute atomic E-state index is 10.7. The number of benzene rings is 2. The number of ether oxygens (including phenoxy) is 2. The summed E-state index contributed by atoms with van der Waals surface area (Å²) in [6.07, 6.45) is 3.03. The van der Waals surface area contributed by atoms with E-state index in [0.717, 1.165) is 11.3 Å². The number of methoxy groups -OCH3 is 1. The highest BCUT2D eigenvalue weighted by Gasteiger charge is 2.05. The molecule has 28 heavy (non-hydrogen) atoms. The first-order chi connectivity index (χ1) is 13.7.